The van der Waals surface area contributed by atoms with Gasteiger partial charge < -0.3 is 10.2 Å². The van der Waals surface area contributed by atoms with Gasteiger partial charge in [-0.05, 0) is 55.2 Å². The van der Waals surface area contributed by atoms with Crippen molar-refractivity contribution in [1.82, 2.24) is 4.98 Å². The number of anilines is 2. The highest BCUT2D eigenvalue weighted by Gasteiger charge is 2.33. The van der Waals surface area contributed by atoms with Gasteiger partial charge in [0.15, 0.2) is 0 Å². The summed E-state index contributed by atoms with van der Waals surface area (Å²) in [5.74, 6) is -0.603. The maximum Gasteiger partial charge on any atom is 0.416 e. The second-order valence-corrected chi connectivity index (χ2v) is 8.55. The molecule has 2 amide bonds. The molecule has 2 aromatic carbocycles. The average molecular weight is 482 g/mol. The molecule has 1 aliphatic rings. The fourth-order valence-corrected chi connectivity index (χ4v) is 4.24. The summed E-state index contributed by atoms with van der Waals surface area (Å²) >= 11 is 0. The number of nitrogens with zero attached hydrogens (tertiary/aromatic N) is 2. The maximum atomic E-state index is 13.5. The Hall–Kier alpha value is -3.68. The van der Waals surface area contributed by atoms with E-state index in [1.165, 1.54) is 17.0 Å². The Morgan fingerprint density at radius 2 is 1.97 bits per heavy atom. The number of rotatable bonds is 5. The molecule has 2 heterocycles. The Morgan fingerprint density at radius 3 is 2.74 bits per heavy atom. The summed E-state index contributed by atoms with van der Waals surface area (Å²) in [6.45, 7) is 2.25. The molecule has 35 heavy (non-hydrogen) atoms. The van der Waals surface area contributed by atoms with Crippen LogP contribution in [-0.4, -0.2) is 23.3 Å². The summed E-state index contributed by atoms with van der Waals surface area (Å²) in [5, 5.41) is 3.75. The Bertz CT molecular complexity index is 1280. The number of hydrogen-bond donors (Lipinski definition) is 1. The van der Waals surface area contributed by atoms with E-state index in [0.29, 0.717) is 42.6 Å². The van der Waals surface area contributed by atoms with Gasteiger partial charge in [0.05, 0.1) is 16.8 Å². The van der Waals surface area contributed by atoms with E-state index in [1.54, 1.807) is 18.3 Å². The number of nitrogens with one attached hydrogen (secondary N) is 1. The molecule has 5 nitrogen and oxygen atoms in total. The highest BCUT2D eigenvalue weighted by molar-refractivity contribution is 6.06. The van der Waals surface area contributed by atoms with Gasteiger partial charge in [0.2, 0.25) is 11.8 Å². The molecule has 1 aromatic heterocycles. The predicted octanol–water partition coefficient (Wildman–Crippen LogP) is 6.59. The van der Waals surface area contributed by atoms with Gasteiger partial charge in [-0.25, -0.2) is 0 Å². The van der Waals surface area contributed by atoms with Gasteiger partial charge in [0.25, 0.3) is 0 Å². The number of unbranched alkanes of at least 4 members (excludes halogenated alkanes) is 1. The van der Waals surface area contributed by atoms with Gasteiger partial charge >= 0.3 is 6.18 Å². The van der Waals surface area contributed by atoms with Gasteiger partial charge in [-0.2, -0.15) is 13.2 Å². The lowest BCUT2D eigenvalue weighted by Gasteiger charge is -2.24. The normalized spacial score (nSPS) is 15.1. The predicted molar refractivity (Wildman–Crippen MR) is 131 cm³/mol. The first-order chi connectivity index (χ1) is 16.8. The van der Waals surface area contributed by atoms with Gasteiger partial charge in [-0.3, -0.25) is 14.6 Å². The molecule has 8 heteroatoms. The van der Waals surface area contributed by atoms with E-state index < -0.39 is 17.6 Å². The number of hydrogen-bond acceptors (Lipinski definition) is 3. The highest BCUT2D eigenvalue weighted by Crippen LogP contribution is 2.39. The first kappa shape index (κ1) is 24.4. The number of benzene rings is 2. The molecule has 1 N–H and O–H groups in total. The number of amides is 2. The van der Waals surface area contributed by atoms with Gasteiger partial charge in [0, 0.05) is 41.9 Å². The zero-order valence-corrected chi connectivity index (χ0v) is 19.4. The zero-order valence-electron chi connectivity index (χ0n) is 19.4. The number of fused-ring (bicyclic) bond motifs is 2. The second-order valence-electron chi connectivity index (χ2n) is 8.55. The van der Waals surface area contributed by atoms with Crippen LogP contribution in [0.25, 0.3) is 16.5 Å². The van der Waals surface area contributed by atoms with Crippen molar-refractivity contribution < 1.29 is 22.8 Å². The molecule has 0 spiro atoms. The summed E-state index contributed by atoms with van der Waals surface area (Å²) in [4.78, 5) is 31.4. The number of halogens is 3. The SMILES string of the molecule is CCCCC(=O)N1CCCC(=CC(=O)Nc2ccc3cccnc3c2)c2ccc(C(F)(F)F)cc21. The van der Waals surface area contributed by atoms with E-state index in [1.807, 2.05) is 25.1 Å². The van der Waals surface area contributed by atoms with Gasteiger partial charge in [-0.15, -0.1) is 0 Å². The molecule has 4 rings (SSSR count). The Kier molecular flexibility index (Phi) is 7.19. The third-order valence-electron chi connectivity index (χ3n) is 6.01. The lowest BCUT2D eigenvalue weighted by molar-refractivity contribution is -0.137. The lowest BCUT2D eigenvalue weighted by Crippen LogP contribution is -2.31. The number of aromatic nitrogens is 1. The molecule has 0 atom stereocenters. The lowest BCUT2D eigenvalue weighted by atomic mass is 9.98. The largest absolute Gasteiger partial charge is 0.416 e. The van der Waals surface area contributed by atoms with Crippen molar-refractivity contribution in [2.45, 2.75) is 45.2 Å². The summed E-state index contributed by atoms with van der Waals surface area (Å²) in [5.41, 5.74) is 1.74. The van der Waals surface area contributed by atoms with Crippen LogP contribution in [0.5, 0.6) is 0 Å². The molecule has 3 aromatic rings. The third-order valence-corrected chi connectivity index (χ3v) is 6.01. The minimum Gasteiger partial charge on any atom is -0.322 e. The van der Waals surface area contributed by atoms with Crippen LogP contribution >= 0.6 is 0 Å². The molecule has 1 aliphatic heterocycles. The van der Waals surface area contributed by atoms with Crippen LogP contribution in [0.3, 0.4) is 0 Å². The van der Waals surface area contributed by atoms with Crippen LogP contribution in [0, 0.1) is 0 Å². The van der Waals surface area contributed by atoms with Crippen molar-refractivity contribution >= 4 is 39.7 Å². The molecule has 0 aliphatic carbocycles. The van der Waals surface area contributed by atoms with E-state index in [9.17, 15) is 22.8 Å². The second kappa shape index (κ2) is 10.3. The summed E-state index contributed by atoms with van der Waals surface area (Å²) < 4.78 is 40.4. The van der Waals surface area contributed by atoms with Crippen molar-refractivity contribution in [1.29, 1.82) is 0 Å². The fourth-order valence-electron chi connectivity index (χ4n) is 4.24. The maximum absolute atomic E-state index is 13.5. The van der Waals surface area contributed by atoms with Gasteiger partial charge in [0.1, 0.15) is 0 Å². The molecular weight excluding hydrogens is 455 g/mol. The van der Waals surface area contributed by atoms with Crippen LogP contribution in [0.15, 0.2) is 60.8 Å². The van der Waals surface area contributed by atoms with Crippen LogP contribution in [-0.2, 0) is 15.8 Å². The average Bonchev–Trinajstić information content (AvgIpc) is 3.01. The molecule has 0 bridgehead atoms. The summed E-state index contributed by atoms with van der Waals surface area (Å²) in [6.07, 6.45) is 1.28. The molecule has 182 valence electrons. The van der Waals surface area contributed by atoms with Crippen LogP contribution in [0.1, 0.15) is 50.2 Å². The van der Waals surface area contributed by atoms with Crippen molar-refractivity contribution in [2.75, 3.05) is 16.8 Å². The Labute approximate surface area is 201 Å². The van der Waals surface area contributed by atoms with Crippen molar-refractivity contribution in [3.8, 4) is 0 Å². The molecule has 0 unspecified atom stereocenters. The molecule has 0 radical (unpaired) electrons. The number of pyridine rings is 1. The number of allylic oxidation sites excluding steroid dienone is 1. The Balaban J connectivity index is 1.67. The van der Waals surface area contributed by atoms with E-state index in [2.05, 4.69) is 10.3 Å². The summed E-state index contributed by atoms with van der Waals surface area (Å²) in [7, 11) is 0. The van der Waals surface area contributed by atoms with E-state index in [0.717, 1.165) is 29.5 Å². The number of carbonyl (C=O) groups excluding carboxylic acids is 2. The quantitative estimate of drug-likeness (QED) is 0.418. The van der Waals surface area contributed by atoms with E-state index >= 15 is 0 Å². The van der Waals surface area contributed by atoms with Crippen molar-refractivity contribution in [3.05, 3.63) is 71.9 Å². The Morgan fingerprint density at radius 1 is 1.14 bits per heavy atom. The molecule has 0 fully saturated rings. The smallest absolute Gasteiger partial charge is 0.322 e. The van der Waals surface area contributed by atoms with Crippen LogP contribution in [0.4, 0.5) is 24.5 Å². The van der Waals surface area contributed by atoms with Crippen molar-refractivity contribution in [3.63, 3.8) is 0 Å². The fraction of sp³-hybridized carbons (Fsp3) is 0.296. The number of alkyl halides is 3. The molecule has 0 saturated heterocycles. The topological polar surface area (TPSA) is 62.3 Å². The van der Waals surface area contributed by atoms with Crippen LogP contribution < -0.4 is 10.2 Å². The zero-order chi connectivity index (χ0) is 25.0. The standard InChI is InChI=1S/C27H26F3N3O2/c1-2-3-8-26(35)33-14-5-7-19(22-12-10-20(16-24(22)33)27(28,29)30)15-25(34)32-21-11-9-18-6-4-13-31-23(18)17-21/h4,6,9-13,15-17H,2-3,5,7-8,14H2,1H3,(H,32,34). The highest BCUT2D eigenvalue weighted by atomic mass is 19.4. The van der Waals surface area contributed by atoms with E-state index in [4.69, 9.17) is 0 Å². The minimum atomic E-state index is -4.54. The van der Waals surface area contributed by atoms with Gasteiger partial charge in [-0.1, -0.05) is 31.5 Å². The molecular formula is C27H26F3N3O2. The van der Waals surface area contributed by atoms with Crippen LogP contribution in [0.2, 0.25) is 0 Å². The summed E-state index contributed by atoms with van der Waals surface area (Å²) in [6, 6.07) is 12.5. The van der Waals surface area contributed by atoms with E-state index in [-0.39, 0.29) is 18.0 Å². The monoisotopic (exact) mass is 481 g/mol. The first-order valence-electron chi connectivity index (χ1n) is 11.6. The first-order valence-corrected chi connectivity index (χ1v) is 11.6. The minimum absolute atomic E-state index is 0.201. The van der Waals surface area contributed by atoms with Crippen molar-refractivity contribution in [2.24, 2.45) is 0 Å². The third kappa shape index (κ3) is 5.70. The molecule has 0 saturated carbocycles. The number of carbonyl (C=O) groups is 2.